The van der Waals surface area contributed by atoms with Gasteiger partial charge >= 0.3 is 5.69 Å². The lowest BCUT2D eigenvalue weighted by Crippen LogP contribution is -2.37. The van der Waals surface area contributed by atoms with Crippen LogP contribution in [-0.2, 0) is 6.54 Å². The maximum absolute atomic E-state index is 13.7. The molecule has 1 N–H and O–H groups in total. The van der Waals surface area contributed by atoms with E-state index >= 15 is 0 Å². The quantitative estimate of drug-likeness (QED) is 0.310. The maximum atomic E-state index is 13.7. The molecule has 0 amide bonds. The summed E-state index contributed by atoms with van der Waals surface area (Å²) in [6.07, 6.45) is 7.69. The highest BCUT2D eigenvalue weighted by atomic mass is 16.1. The number of nitrogens with one attached hydrogen (secondary N) is 1. The van der Waals surface area contributed by atoms with E-state index in [4.69, 9.17) is 0 Å². The van der Waals surface area contributed by atoms with E-state index in [1.54, 1.807) is 12.3 Å². The Morgan fingerprint density at radius 3 is 2.67 bits per heavy atom. The van der Waals surface area contributed by atoms with Gasteiger partial charge in [-0.25, -0.2) is 19.7 Å². The van der Waals surface area contributed by atoms with Crippen LogP contribution in [0.4, 0.5) is 5.82 Å². The average molecular weight is 525 g/mol. The molecule has 0 bridgehead atoms. The molecule has 1 fully saturated rings. The summed E-state index contributed by atoms with van der Waals surface area (Å²) in [6, 6.07) is 13.7. The minimum Gasteiger partial charge on any atom is -0.356 e. The molecule has 1 aromatic carbocycles. The first-order valence-electron chi connectivity index (χ1n) is 13.4. The zero-order valence-electron chi connectivity index (χ0n) is 22.2. The first kappa shape index (κ1) is 25.0. The van der Waals surface area contributed by atoms with Crippen molar-refractivity contribution in [3.05, 3.63) is 82.9 Å². The Bertz CT molecular complexity index is 1690. The van der Waals surface area contributed by atoms with Crippen molar-refractivity contribution in [1.82, 2.24) is 34.0 Å². The third kappa shape index (κ3) is 4.83. The predicted molar refractivity (Wildman–Crippen MR) is 151 cm³/mol. The van der Waals surface area contributed by atoms with Crippen LogP contribution < -0.4 is 10.6 Å². The Kier molecular flexibility index (Phi) is 6.70. The van der Waals surface area contributed by atoms with E-state index in [0.29, 0.717) is 16.9 Å². The van der Waals surface area contributed by atoms with Crippen LogP contribution in [0.15, 0.2) is 66.0 Å². The minimum atomic E-state index is -0.127. The Hall–Kier alpha value is -4.31. The molecule has 10 nitrogen and oxygen atoms in total. The van der Waals surface area contributed by atoms with Crippen molar-refractivity contribution in [2.24, 2.45) is 0 Å². The number of pyridine rings is 1. The van der Waals surface area contributed by atoms with E-state index in [2.05, 4.69) is 54.5 Å². The van der Waals surface area contributed by atoms with Crippen molar-refractivity contribution >= 4 is 33.7 Å². The fourth-order valence-corrected chi connectivity index (χ4v) is 5.63. The predicted octanol–water partition coefficient (Wildman–Crippen LogP) is 3.49. The number of hydrogen-bond donors (Lipinski definition) is 1. The molecule has 0 aliphatic carbocycles. The second-order valence-corrected chi connectivity index (χ2v) is 10.4. The standard InChI is InChI=1S/C29H32N8O2/c1-34(2)13-6-14-36-18-22(21-7-3-4-8-24(21)36)27(38)23-17-26(32-19-31-23)35-15-10-20(11-16-35)37-25-9-5-12-30-28(25)33-29(37)39/h3-5,7-9,12,17-20H,6,10-11,13-16H2,1-2H3,(H,30,33,39). The van der Waals surface area contributed by atoms with Crippen molar-refractivity contribution in [2.45, 2.75) is 31.8 Å². The van der Waals surface area contributed by atoms with Crippen LogP contribution in [0.1, 0.15) is 41.4 Å². The van der Waals surface area contributed by atoms with Gasteiger partial charge in [-0.05, 0) is 58.1 Å². The molecule has 5 heterocycles. The molecular weight excluding hydrogens is 492 g/mol. The largest absolute Gasteiger partial charge is 0.356 e. The number of piperidine rings is 1. The number of carbonyl (C=O) groups is 1. The number of ketones is 1. The number of rotatable bonds is 8. The Morgan fingerprint density at radius 2 is 1.85 bits per heavy atom. The molecule has 200 valence electrons. The number of aryl methyl sites for hydroxylation is 1. The van der Waals surface area contributed by atoms with Crippen molar-refractivity contribution < 1.29 is 4.79 Å². The monoisotopic (exact) mass is 524 g/mol. The molecule has 0 spiro atoms. The molecule has 5 aromatic rings. The third-order valence-corrected chi connectivity index (χ3v) is 7.57. The summed E-state index contributed by atoms with van der Waals surface area (Å²) in [6.45, 7) is 3.26. The Balaban J connectivity index is 1.21. The summed E-state index contributed by atoms with van der Waals surface area (Å²) in [4.78, 5) is 46.6. The minimum absolute atomic E-state index is 0.0771. The fraction of sp³-hybridized carbons (Fsp3) is 0.345. The molecule has 1 saturated heterocycles. The van der Waals surface area contributed by atoms with Crippen molar-refractivity contribution in [3.8, 4) is 0 Å². The summed E-state index contributed by atoms with van der Waals surface area (Å²) < 4.78 is 3.99. The van der Waals surface area contributed by atoms with E-state index in [1.807, 2.05) is 41.1 Å². The van der Waals surface area contributed by atoms with Crippen LogP contribution in [0.2, 0.25) is 0 Å². The first-order valence-corrected chi connectivity index (χ1v) is 13.4. The molecule has 39 heavy (non-hydrogen) atoms. The number of imidazole rings is 1. The van der Waals surface area contributed by atoms with Crippen molar-refractivity contribution in [3.63, 3.8) is 0 Å². The molecule has 1 aliphatic rings. The maximum Gasteiger partial charge on any atom is 0.327 e. The molecule has 0 unspecified atom stereocenters. The number of aromatic amines is 1. The third-order valence-electron chi connectivity index (χ3n) is 7.57. The molecular formula is C29H32N8O2. The summed E-state index contributed by atoms with van der Waals surface area (Å²) >= 11 is 0. The number of fused-ring (bicyclic) bond motifs is 2. The molecule has 10 heteroatoms. The van der Waals surface area contributed by atoms with Gasteiger partial charge in [0.25, 0.3) is 0 Å². The number of aromatic nitrogens is 6. The number of benzene rings is 1. The van der Waals surface area contributed by atoms with Crippen LogP contribution in [0, 0.1) is 0 Å². The average Bonchev–Trinajstić information content (AvgIpc) is 3.49. The summed E-state index contributed by atoms with van der Waals surface area (Å²) in [5, 5.41) is 0.937. The molecule has 4 aromatic heterocycles. The lowest BCUT2D eigenvalue weighted by atomic mass is 10.0. The molecule has 0 atom stereocenters. The molecule has 0 radical (unpaired) electrons. The number of para-hydroxylation sites is 1. The van der Waals surface area contributed by atoms with Gasteiger partial charge in [0, 0.05) is 60.6 Å². The molecule has 0 saturated carbocycles. The van der Waals surface area contributed by atoms with E-state index < -0.39 is 0 Å². The van der Waals surface area contributed by atoms with Gasteiger partial charge in [-0.3, -0.25) is 14.3 Å². The van der Waals surface area contributed by atoms with E-state index in [9.17, 15) is 9.59 Å². The summed E-state index contributed by atoms with van der Waals surface area (Å²) in [5.41, 5.74) is 3.42. The highest BCUT2D eigenvalue weighted by Gasteiger charge is 2.26. The SMILES string of the molecule is CN(C)CCCn1cc(C(=O)c2cc(N3CCC(n4c(=O)[nH]c5ncccc54)CC3)ncn2)c2ccccc21. The van der Waals surface area contributed by atoms with Gasteiger partial charge in [0.15, 0.2) is 5.65 Å². The van der Waals surface area contributed by atoms with Crippen LogP contribution >= 0.6 is 0 Å². The molecule has 6 rings (SSSR count). The second kappa shape index (κ2) is 10.5. The fourth-order valence-electron chi connectivity index (χ4n) is 5.63. The van der Waals surface area contributed by atoms with Gasteiger partial charge in [0.2, 0.25) is 5.78 Å². The van der Waals surface area contributed by atoms with E-state index in [0.717, 1.165) is 67.7 Å². The zero-order valence-corrected chi connectivity index (χ0v) is 22.2. The number of carbonyl (C=O) groups excluding carboxylic acids is 1. The van der Waals surface area contributed by atoms with Crippen molar-refractivity contribution in [2.75, 3.05) is 38.6 Å². The van der Waals surface area contributed by atoms with E-state index in [1.165, 1.54) is 6.33 Å². The topological polar surface area (TPSA) is 105 Å². The normalized spacial score (nSPS) is 14.6. The number of anilines is 1. The highest BCUT2D eigenvalue weighted by molar-refractivity contribution is 6.15. The highest BCUT2D eigenvalue weighted by Crippen LogP contribution is 2.28. The summed E-state index contributed by atoms with van der Waals surface area (Å²) in [7, 11) is 4.13. The smallest absolute Gasteiger partial charge is 0.327 e. The summed E-state index contributed by atoms with van der Waals surface area (Å²) in [5.74, 6) is 0.628. The van der Waals surface area contributed by atoms with Crippen LogP contribution in [0.25, 0.3) is 22.1 Å². The lowest BCUT2D eigenvalue weighted by molar-refractivity contribution is 0.103. The zero-order chi connectivity index (χ0) is 26.9. The van der Waals surface area contributed by atoms with E-state index in [-0.39, 0.29) is 17.5 Å². The first-order chi connectivity index (χ1) is 19.0. The van der Waals surface area contributed by atoms with Gasteiger partial charge < -0.3 is 14.4 Å². The Labute approximate surface area is 225 Å². The van der Waals surface area contributed by atoms with Crippen LogP contribution in [0.5, 0.6) is 0 Å². The second-order valence-electron chi connectivity index (χ2n) is 10.4. The number of nitrogens with zero attached hydrogens (tertiary/aromatic N) is 7. The number of H-pyrrole nitrogens is 1. The van der Waals surface area contributed by atoms with Gasteiger partial charge in [-0.2, -0.15) is 0 Å². The Morgan fingerprint density at radius 1 is 1.05 bits per heavy atom. The number of hydrogen-bond acceptors (Lipinski definition) is 7. The van der Waals surface area contributed by atoms with Crippen LogP contribution in [0.3, 0.4) is 0 Å². The van der Waals surface area contributed by atoms with Gasteiger partial charge in [0.05, 0.1) is 5.52 Å². The molecule has 1 aliphatic heterocycles. The van der Waals surface area contributed by atoms with Gasteiger partial charge in [0.1, 0.15) is 17.8 Å². The lowest BCUT2D eigenvalue weighted by Gasteiger charge is -2.33. The van der Waals surface area contributed by atoms with Gasteiger partial charge in [-0.15, -0.1) is 0 Å². The van der Waals surface area contributed by atoms with Gasteiger partial charge in [-0.1, -0.05) is 18.2 Å². The van der Waals surface area contributed by atoms with Crippen LogP contribution in [-0.4, -0.2) is 73.5 Å². The van der Waals surface area contributed by atoms with Crippen molar-refractivity contribution in [1.29, 1.82) is 0 Å².